The maximum Gasteiger partial charge on any atom is 0.338 e. The Kier molecular flexibility index (Phi) is 6.46. The molecule has 0 N–H and O–H groups in total. The molecule has 1 aliphatic heterocycles. The summed E-state index contributed by atoms with van der Waals surface area (Å²) < 4.78 is 20.8. The van der Waals surface area contributed by atoms with Crippen LogP contribution in [0.3, 0.4) is 0 Å². The Labute approximate surface area is 246 Å². The van der Waals surface area contributed by atoms with E-state index in [0.717, 1.165) is 38.3 Å². The van der Waals surface area contributed by atoms with Crippen molar-refractivity contribution in [3.8, 4) is 22.8 Å². The van der Waals surface area contributed by atoms with Gasteiger partial charge >= 0.3 is 7.44 Å². The molecule has 7 rings (SSSR count). The lowest BCUT2D eigenvalue weighted by Crippen LogP contribution is -2.31. The van der Waals surface area contributed by atoms with E-state index in [1.165, 1.54) is 0 Å². The molecule has 1 atom stereocenters. The van der Waals surface area contributed by atoms with Gasteiger partial charge in [0, 0.05) is 27.0 Å². The molecule has 8 heteroatoms. The highest BCUT2D eigenvalue weighted by Crippen LogP contribution is 2.69. The molecule has 0 spiro atoms. The average molecular weight is 616 g/mol. The van der Waals surface area contributed by atoms with E-state index in [4.69, 9.17) is 15.0 Å². The predicted molar refractivity (Wildman–Crippen MR) is 169 cm³/mol. The van der Waals surface area contributed by atoms with Crippen LogP contribution in [-0.4, -0.2) is 15.0 Å². The number of rotatable bonds is 5. The Balaban J connectivity index is 1.56. The number of benzene rings is 5. The van der Waals surface area contributed by atoms with Gasteiger partial charge in [0.25, 0.3) is 0 Å². The molecule has 2 heterocycles. The van der Waals surface area contributed by atoms with E-state index < -0.39 is 7.44 Å². The second-order valence-electron chi connectivity index (χ2n) is 9.49. The predicted octanol–water partition coefficient (Wildman–Crippen LogP) is 8.78. The van der Waals surface area contributed by atoms with Crippen molar-refractivity contribution in [3.05, 3.63) is 144 Å². The highest BCUT2D eigenvalue weighted by molar-refractivity contribution is 9.10. The topological polar surface area (TPSA) is 62.2 Å². The van der Waals surface area contributed by atoms with Crippen molar-refractivity contribution in [1.29, 1.82) is 0 Å². The van der Waals surface area contributed by atoms with Gasteiger partial charge in [0.05, 0.1) is 11.4 Å². The van der Waals surface area contributed by atoms with Crippen LogP contribution in [-0.2, 0) is 4.57 Å². The zero-order chi connectivity index (χ0) is 27.8. The molecule has 0 bridgehead atoms. The minimum atomic E-state index is -3.80. The van der Waals surface area contributed by atoms with Gasteiger partial charge in [-0.1, -0.05) is 113 Å². The highest BCUT2D eigenvalue weighted by Gasteiger charge is 2.51. The van der Waals surface area contributed by atoms with Gasteiger partial charge in [0.1, 0.15) is 0 Å². The lowest BCUT2D eigenvalue weighted by atomic mass is 10.2. The molecule has 1 aromatic heterocycles. The number of hydrogen-bond donors (Lipinski definition) is 0. The number of hydrogen-bond acceptors (Lipinski definition) is 4. The fraction of sp³-hybridized carbons (Fsp3) is 0. The number of halogens is 1. The number of anilines is 4. The van der Waals surface area contributed by atoms with Crippen molar-refractivity contribution in [2.75, 3.05) is 9.34 Å². The van der Waals surface area contributed by atoms with Crippen LogP contribution in [0.4, 0.5) is 22.7 Å². The molecule has 5 aromatic carbocycles. The van der Waals surface area contributed by atoms with Gasteiger partial charge in [-0.2, -0.15) is 0 Å². The Hall–Kier alpha value is -4.58. The summed E-state index contributed by atoms with van der Waals surface area (Å²) >= 11 is 3.64. The van der Waals surface area contributed by atoms with Crippen molar-refractivity contribution in [2.45, 2.75) is 0 Å². The minimum Gasteiger partial charge on any atom is -0.267 e. The van der Waals surface area contributed by atoms with Gasteiger partial charge in [-0.05, 0) is 42.5 Å². The maximum atomic E-state index is 16.1. The third-order valence-corrected chi connectivity index (χ3v) is 10.1. The van der Waals surface area contributed by atoms with Crippen LogP contribution in [0, 0.1) is 0 Å². The summed E-state index contributed by atoms with van der Waals surface area (Å²) in [6, 6.07) is 45.0. The van der Waals surface area contributed by atoms with Crippen LogP contribution in [0.15, 0.2) is 144 Å². The minimum absolute atomic E-state index is 0.199. The molecule has 0 saturated heterocycles. The van der Waals surface area contributed by atoms with E-state index in [-0.39, 0.29) is 5.57 Å². The summed E-state index contributed by atoms with van der Waals surface area (Å²) in [5.41, 5.74) is 4.98. The van der Waals surface area contributed by atoms with Gasteiger partial charge in [-0.15, -0.1) is 0 Å². The molecule has 0 aliphatic carbocycles. The van der Waals surface area contributed by atoms with E-state index in [2.05, 4.69) is 15.9 Å². The summed E-state index contributed by atoms with van der Waals surface area (Å²) in [5, 5.41) is 0. The van der Waals surface area contributed by atoms with Crippen molar-refractivity contribution in [1.82, 2.24) is 15.0 Å². The molecule has 6 aromatic rings. The summed E-state index contributed by atoms with van der Waals surface area (Å²) in [4.78, 5) is 14.8. The lowest BCUT2D eigenvalue weighted by Gasteiger charge is -2.31. The smallest absolute Gasteiger partial charge is 0.267 e. The first-order valence-electron chi connectivity index (χ1n) is 13.1. The highest BCUT2D eigenvalue weighted by atomic mass is 79.9. The van der Waals surface area contributed by atoms with Crippen LogP contribution in [0.1, 0.15) is 0 Å². The first-order valence-corrected chi connectivity index (χ1v) is 15.5. The second-order valence-corrected chi connectivity index (χ2v) is 12.7. The monoisotopic (exact) mass is 615 g/mol. The van der Waals surface area contributed by atoms with Gasteiger partial charge in [0.15, 0.2) is 11.6 Å². The fourth-order valence-corrected chi connectivity index (χ4v) is 8.20. The Morgan fingerprint density at radius 3 is 1.44 bits per heavy atom. The van der Waals surface area contributed by atoms with Crippen LogP contribution in [0.25, 0.3) is 22.8 Å². The maximum absolute atomic E-state index is 16.1. The van der Waals surface area contributed by atoms with Crippen LogP contribution in [0.2, 0.25) is 0 Å². The number of fused-ring (bicyclic) bond motifs is 1. The molecule has 1 unspecified atom stereocenters. The quantitative estimate of drug-likeness (QED) is 0.181. The first-order chi connectivity index (χ1) is 20.1. The zero-order valence-electron chi connectivity index (χ0n) is 21.7. The molecular weight excluding hydrogens is 593 g/mol. The zero-order valence-corrected chi connectivity index (χ0v) is 24.2. The largest absolute Gasteiger partial charge is 0.338 e. The molecule has 41 heavy (non-hydrogen) atoms. The molecule has 0 amide bonds. The van der Waals surface area contributed by atoms with Gasteiger partial charge < -0.3 is 0 Å². The molecule has 6 nitrogen and oxygen atoms in total. The molecule has 0 saturated carbocycles. The number of nitrogens with zero attached hydrogens (tertiary/aromatic N) is 5. The SMILES string of the molecule is O=P1(c2nc(-c3ccccc3)nc(-c3ccccc3)n2)N(c2ccccc2)c2ccc(Br)cc2N1c1ccccc1. The average Bonchev–Trinajstić information content (AvgIpc) is 3.30. The van der Waals surface area contributed by atoms with Crippen molar-refractivity contribution >= 4 is 51.7 Å². The van der Waals surface area contributed by atoms with E-state index in [9.17, 15) is 0 Å². The van der Waals surface area contributed by atoms with Gasteiger partial charge in [0.2, 0.25) is 5.57 Å². The van der Waals surface area contributed by atoms with E-state index in [1.807, 2.05) is 149 Å². The molecular formula is C33H23BrN5OP. The van der Waals surface area contributed by atoms with Gasteiger partial charge in [-0.3, -0.25) is 13.9 Å². The third-order valence-electron chi connectivity index (χ3n) is 6.89. The van der Waals surface area contributed by atoms with Crippen molar-refractivity contribution in [3.63, 3.8) is 0 Å². The third kappa shape index (κ3) is 4.44. The Morgan fingerprint density at radius 1 is 0.512 bits per heavy atom. The lowest BCUT2D eigenvalue weighted by molar-refractivity contribution is 0.581. The summed E-state index contributed by atoms with van der Waals surface area (Å²) in [6.07, 6.45) is 0. The van der Waals surface area contributed by atoms with E-state index in [1.54, 1.807) is 0 Å². The van der Waals surface area contributed by atoms with Crippen molar-refractivity contribution < 1.29 is 4.57 Å². The standard InChI is InChI=1S/C33H23BrN5OP/c34-26-21-22-29-30(23-26)39(28-19-11-4-12-20-28)41(40,38(29)27-17-9-3-10-18-27)33-36-31(24-13-5-1-6-14-24)35-32(37-33)25-15-7-2-8-16-25/h1-23H. The molecule has 198 valence electrons. The van der Waals surface area contributed by atoms with Crippen molar-refractivity contribution in [2.24, 2.45) is 0 Å². The summed E-state index contributed by atoms with van der Waals surface area (Å²) in [5.74, 6) is 0.922. The fourth-order valence-electron chi connectivity index (χ4n) is 5.06. The van der Waals surface area contributed by atoms with Gasteiger partial charge in [-0.25, -0.2) is 15.0 Å². The summed E-state index contributed by atoms with van der Waals surface area (Å²) in [7, 11) is -3.80. The number of para-hydroxylation sites is 2. The van der Waals surface area contributed by atoms with Crippen LogP contribution >= 0.6 is 23.4 Å². The second kappa shape index (κ2) is 10.4. The van der Waals surface area contributed by atoms with E-state index in [0.29, 0.717) is 11.6 Å². The van der Waals surface area contributed by atoms with Crippen LogP contribution in [0.5, 0.6) is 0 Å². The normalized spacial score (nSPS) is 16.0. The summed E-state index contributed by atoms with van der Waals surface area (Å²) in [6.45, 7) is 0. The Morgan fingerprint density at radius 2 is 0.951 bits per heavy atom. The molecule has 1 aliphatic rings. The Bertz CT molecular complexity index is 1830. The van der Waals surface area contributed by atoms with Crippen LogP contribution < -0.4 is 14.9 Å². The molecule has 0 fully saturated rings. The van der Waals surface area contributed by atoms with E-state index >= 15 is 4.57 Å². The molecule has 0 radical (unpaired) electrons. The first kappa shape index (κ1) is 25.4. The number of aromatic nitrogens is 3.